The topological polar surface area (TPSA) is 78.3 Å². The molecule has 1 N–H and O–H groups in total. The van der Waals surface area contributed by atoms with E-state index in [-0.39, 0.29) is 5.91 Å². The number of benzene rings is 1. The molecule has 2 heterocycles. The monoisotopic (exact) mass is 354 g/mol. The highest BCUT2D eigenvalue weighted by molar-refractivity contribution is 5.98. The van der Waals surface area contributed by atoms with Crippen LogP contribution in [0.3, 0.4) is 0 Å². The van der Waals surface area contributed by atoms with Gasteiger partial charge in [-0.2, -0.15) is 5.10 Å². The summed E-state index contributed by atoms with van der Waals surface area (Å²) in [5.41, 5.74) is 3.76. The molecule has 3 rings (SSSR count). The zero-order chi connectivity index (χ0) is 18.8. The fourth-order valence-corrected chi connectivity index (χ4v) is 2.93. The molecule has 0 aliphatic heterocycles. The minimum atomic E-state index is -0.171. The number of aryl methyl sites for hydroxylation is 3. The molecule has 0 aliphatic rings. The highest BCUT2D eigenvalue weighted by atomic mass is 16.5. The van der Waals surface area contributed by atoms with Crippen LogP contribution in [0.2, 0.25) is 0 Å². The quantitative estimate of drug-likeness (QED) is 0.762. The summed E-state index contributed by atoms with van der Waals surface area (Å²) in [6, 6.07) is 7.40. The van der Waals surface area contributed by atoms with Crippen molar-refractivity contribution >= 4 is 16.9 Å². The third-order valence-electron chi connectivity index (χ3n) is 4.33. The van der Waals surface area contributed by atoms with Crippen LogP contribution in [0.4, 0.5) is 0 Å². The Bertz CT molecular complexity index is 979. The van der Waals surface area contributed by atoms with Crippen LogP contribution in [-0.4, -0.2) is 34.9 Å². The van der Waals surface area contributed by atoms with E-state index >= 15 is 0 Å². The number of hydrogen-bond donors (Lipinski definition) is 1. The molecule has 136 valence electrons. The Morgan fingerprint density at radius 3 is 2.54 bits per heavy atom. The van der Waals surface area contributed by atoms with Crippen LogP contribution >= 0.6 is 0 Å². The lowest BCUT2D eigenvalue weighted by molar-refractivity contribution is 0.0950. The Kier molecular flexibility index (Phi) is 4.79. The number of fused-ring (bicyclic) bond motifs is 1. The average Bonchev–Trinajstić information content (AvgIpc) is 2.91. The van der Waals surface area contributed by atoms with Crippen LogP contribution in [0.25, 0.3) is 11.0 Å². The van der Waals surface area contributed by atoms with Crippen LogP contribution in [-0.2, 0) is 13.6 Å². The van der Waals surface area contributed by atoms with E-state index in [2.05, 4.69) is 15.4 Å². The Hall–Kier alpha value is -3.09. The maximum absolute atomic E-state index is 12.6. The first-order valence-corrected chi connectivity index (χ1v) is 8.24. The lowest BCUT2D eigenvalue weighted by Gasteiger charge is -2.11. The van der Waals surface area contributed by atoms with E-state index < -0.39 is 0 Å². The normalized spacial score (nSPS) is 10.8. The third-order valence-corrected chi connectivity index (χ3v) is 4.33. The van der Waals surface area contributed by atoms with E-state index in [0.717, 1.165) is 22.3 Å². The van der Waals surface area contributed by atoms with Crippen molar-refractivity contribution in [1.82, 2.24) is 20.1 Å². The number of amides is 1. The summed E-state index contributed by atoms with van der Waals surface area (Å²) in [4.78, 5) is 17.2. The van der Waals surface area contributed by atoms with E-state index in [4.69, 9.17) is 9.47 Å². The predicted molar refractivity (Wildman–Crippen MR) is 98.7 cm³/mol. The first-order valence-electron chi connectivity index (χ1n) is 8.24. The number of methoxy groups -OCH3 is 2. The molecule has 2 aromatic heterocycles. The van der Waals surface area contributed by atoms with Gasteiger partial charge in [0, 0.05) is 19.0 Å². The molecule has 0 unspecified atom stereocenters. The molecule has 1 aromatic carbocycles. The molecular weight excluding hydrogens is 332 g/mol. The molecule has 0 atom stereocenters. The van der Waals surface area contributed by atoms with Crippen LogP contribution < -0.4 is 14.8 Å². The molecule has 0 aliphatic carbocycles. The number of aromatic nitrogens is 3. The maximum Gasteiger partial charge on any atom is 0.253 e. The Morgan fingerprint density at radius 1 is 1.12 bits per heavy atom. The third kappa shape index (κ3) is 3.20. The lowest BCUT2D eigenvalue weighted by Crippen LogP contribution is -2.24. The summed E-state index contributed by atoms with van der Waals surface area (Å²) in [6.07, 6.45) is 0. The number of carbonyl (C=O) groups is 1. The molecule has 0 radical (unpaired) electrons. The van der Waals surface area contributed by atoms with Crippen molar-refractivity contribution in [2.45, 2.75) is 20.4 Å². The van der Waals surface area contributed by atoms with Crippen molar-refractivity contribution in [2.24, 2.45) is 7.05 Å². The SMILES string of the molecule is COc1ccc(CNC(=O)c2cc3c(C)nn(C)c3nc2C)cc1OC. The van der Waals surface area contributed by atoms with Crippen LogP contribution in [0.5, 0.6) is 11.5 Å². The van der Waals surface area contributed by atoms with E-state index in [1.54, 1.807) is 18.9 Å². The minimum absolute atomic E-state index is 0.171. The summed E-state index contributed by atoms with van der Waals surface area (Å²) in [5, 5.41) is 8.17. The van der Waals surface area contributed by atoms with Crippen molar-refractivity contribution < 1.29 is 14.3 Å². The van der Waals surface area contributed by atoms with Crippen molar-refractivity contribution in [2.75, 3.05) is 14.2 Å². The van der Waals surface area contributed by atoms with Gasteiger partial charge in [0.25, 0.3) is 5.91 Å². The predicted octanol–water partition coefficient (Wildman–Crippen LogP) is 2.53. The molecule has 0 bridgehead atoms. The zero-order valence-electron chi connectivity index (χ0n) is 15.6. The molecule has 0 fully saturated rings. The summed E-state index contributed by atoms with van der Waals surface area (Å²) in [7, 11) is 5.02. The smallest absolute Gasteiger partial charge is 0.253 e. The fourth-order valence-electron chi connectivity index (χ4n) is 2.93. The highest BCUT2D eigenvalue weighted by Crippen LogP contribution is 2.27. The number of carbonyl (C=O) groups excluding carboxylic acids is 1. The largest absolute Gasteiger partial charge is 0.493 e. The van der Waals surface area contributed by atoms with Crippen molar-refractivity contribution in [1.29, 1.82) is 0 Å². The standard InChI is InChI=1S/C19H22N4O3/c1-11-15(9-14-12(2)22-23(3)18(14)21-11)19(24)20-10-13-6-7-16(25-4)17(8-13)26-5/h6-9H,10H2,1-5H3,(H,20,24). The van der Waals surface area contributed by atoms with Gasteiger partial charge >= 0.3 is 0 Å². The summed E-state index contributed by atoms with van der Waals surface area (Å²) in [6.45, 7) is 4.11. The Balaban J connectivity index is 1.81. The van der Waals surface area contributed by atoms with Crippen LogP contribution in [0.15, 0.2) is 24.3 Å². The first kappa shape index (κ1) is 17.7. The van der Waals surface area contributed by atoms with Gasteiger partial charge in [0.05, 0.1) is 31.2 Å². The minimum Gasteiger partial charge on any atom is -0.493 e. The molecule has 26 heavy (non-hydrogen) atoms. The van der Waals surface area contributed by atoms with Gasteiger partial charge in [-0.3, -0.25) is 9.48 Å². The van der Waals surface area contributed by atoms with E-state index in [1.165, 1.54) is 0 Å². The number of nitrogens with zero attached hydrogens (tertiary/aromatic N) is 3. The van der Waals surface area contributed by atoms with Gasteiger partial charge in [0.15, 0.2) is 17.1 Å². The van der Waals surface area contributed by atoms with E-state index in [1.807, 2.05) is 45.2 Å². The molecule has 0 saturated heterocycles. The molecule has 1 amide bonds. The first-order chi connectivity index (χ1) is 12.4. The zero-order valence-corrected chi connectivity index (χ0v) is 15.6. The maximum atomic E-state index is 12.6. The van der Waals surface area contributed by atoms with Crippen molar-refractivity contribution in [3.8, 4) is 11.5 Å². The van der Waals surface area contributed by atoms with Gasteiger partial charge in [0.1, 0.15) is 0 Å². The Morgan fingerprint density at radius 2 is 1.85 bits per heavy atom. The molecule has 7 nitrogen and oxygen atoms in total. The second-order valence-electron chi connectivity index (χ2n) is 6.07. The lowest BCUT2D eigenvalue weighted by atomic mass is 10.1. The number of nitrogens with one attached hydrogen (secondary N) is 1. The number of ether oxygens (including phenoxy) is 2. The van der Waals surface area contributed by atoms with Gasteiger partial charge in [0.2, 0.25) is 0 Å². The molecule has 0 saturated carbocycles. The Labute approximate surface area is 151 Å². The second kappa shape index (κ2) is 7.03. The van der Waals surface area contributed by atoms with Crippen LogP contribution in [0, 0.1) is 13.8 Å². The van der Waals surface area contributed by atoms with Crippen molar-refractivity contribution in [3.63, 3.8) is 0 Å². The van der Waals surface area contributed by atoms with Gasteiger partial charge in [-0.25, -0.2) is 4.98 Å². The second-order valence-corrected chi connectivity index (χ2v) is 6.07. The number of pyridine rings is 1. The van der Waals surface area contributed by atoms with Crippen LogP contribution in [0.1, 0.15) is 27.3 Å². The highest BCUT2D eigenvalue weighted by Gasteiger charge is 2.15. The molecule has 7 heteroatoms. The molecule has 0 spiro atoms. The summed E-state index contributed by atoms with van der Waals surface area (Å²) < 4.78 is 12.2. The molecule has 3 aromatic rings. The summed E-state index contributed by atoms with van der Waals surface area (Å²) >= 11 is 0. The summed E-state index contributed by atoms with van der Waals surface area (Å²) in [5.74, 6) is 1.11. The number of rotatable bonds is 5. The van der Waals surface area contributed by atoms with E-state index in [9.17, 15) is 4.79 Å². The van der Waals surface area contributed by atoms with Gasteiger partial charge in [-0.15, -0.1) is 0 Å². The van der Waals surface area contributed by atoms with Crippen molar-refractivity contribution in [3.05, 3.63) is 46.8 Å². The number of hydrogen-bond acceptors (Lipinski definition) is 5. The van der Waals surface area contributed by atoms with E-state index in [0.29, 0.717) is 29.3 Å². The average molecular weight is 354 g/mol. The fraction of sp³-hybridized carbons (Fsp3) is 0.316. The van der Waals surface area contributed by atoms with Gasteiger partial charge in [-0.1, -0.05) is 6.07 Å². The van der Waals surface area contributed by atoms with Gasteiger partial charge in [-0.05, 0) is 37.6 Å². The van der Waals surface area contributed by atoms with Gasteiger partial charge < -0.3 is 14.8 Å². The molecular formula is C19H22N4O3.